The molecule has 1 aromatic heterocycles. The zero-order valence-corrected chi connectivity index (χ0v) is 16.1. The van der Waals surface area contributed by atoms with Gasteiger partial charge in [0.05, 0.1) is 11.4 Å². The first-order valence-corrected chi connectivity index (χ1v) is 9.22. The van der Waals surface area contributed by atoms with Crippen molar-refractivity contribution in [2.45, 2.75) is 6.54 Å². The third kappa shape index (κ3) is 3.38. The number of hydrogen-bond acceptors (Lipinski definition) is 7. The number of hydrogen-bond donors (Lipinski definition) is 0. The van der Waals surface area contributed by atoms with Crippen LogP contribution in [0.25, 0.3) is 6.08 Å². The van der Waals surface area contributed by atoms with Crippen LogP contribution in [0.5, 0.6) is 11.5 Å². The summed E-state index contributed by atoms with van der Waals surface area (Å²) in [6.07, 6.45) is 1.57. The largest absolute Gasteiger partial charge is 0.454 e. The van der Waals surface area contributed by atoms with Crippen LogP contribution in [0, 0.1) is 0 Å². The van der Waals surface area contributed by atoms with Gasteiger partial charge < -0.3 is 18.8 Å². The van der Waals surface area contributed by atoms with Crippen LogP contribution in [0.1, 0.15) is 11.3 Å². The molecule has 0 atom stereocenters. The topological polar surface area (TPSA) is 72.2 Å². The van der Waals surface area contributed by atoms with Crippen LogP contribution in [0.3, 0.4) is 0 Å². The van der Waals surface area contributed by atoms with Gasteiger partial charge in [0.25, 0.3) is 11.1 Å². The highest BCUT2D eigenvalue weighted by atomic mass is 35.5. The summed E-state index contributed by atoms with van der Waals surface area (Å²) in [6, 6.07) is 6.85. The summed E-state index contributed by atoms with van der Waals surface area (Å²) in [5, 5.41) is 0.0447. The van der Waals surface area contributed by atoms with Crippen molar-refractivity contribution in [1.29, 1.82) is 0 Å². The van der Waals surface area contributed by atoms with E-state index in [0.29, 0.717) is 38.6 Å². The quantitative estimate of drug-likeness (QED) is 0.711. The molecule has 3 heterocycles. The third-order valence-corrected chi connectivity index (χ3v) is 5.33. The van der Waals surface area contributed by atoms with E-state index < -0.39 is 0 Å². The fourth-order valence-corrected chi connectivity index (χ4v) is 3.71. The van der Waals surface area contributed by atoms with Crippen LogP contribution in [-0.2, 0) is 11.3 Å². The summed E-state index contributed by atoms with van der Waals surface area (Å²) in [5.74, 6) is 1.87. The van der Waals surface area contributed by atoms with E-state index in [4.69, 9.17) is 25.5 Å². The number of benzene rings is 1. The van der Waals surface area contributed by atoms with Crippen molar-refractivity contribution in [2.75, 3.05) is 25.8 Å². The normalized spacial score (nSPS) is 17.3. The van der Waals surface area contributed by atoms with Gasteiger partial charge >= 0.3 is 0 Å². The molecule has 1 fully saturated rings. The number of amides is 2. The zero-order valence-electron chi connectivity index (χ0n) is 14.5. The molecule has 7 nitrogen and oxygen atoms in total. The Kier molecular flexibility index (Phi) is 4.53. The SMILES string of the molecule is CN(C)c1ccc(/C=C2\SC(=O)N(Cc3cc4c(cc3Cl)OCO4)C2=O)o1. The Morgan fingerprint density at radius 3 is 2.67 bits per heavy atom. The summed E-state index contributed by atoms with van der Waals surface area (Å²) in [5.41, 5.74) is 0.609. The van der Waals surface area contributed by atoms with Crippen molar-refractivity contribution >= 4 is 46.5 Å². The van der Waals surface area contributed by atoms with Gasteiger partial charge in [0.2, 0.25) is 6.79 Å². The van der Waals surface area contributed by atoms with Crippen molar-refractivity contribution in [1.82, 2.24) is 4.90 Å². The van der Waals surface area contributed by atoms with Crippen LogP contribution >= 0.6 is 23.4 Å². The molecule has 2 aliphatic rings. The molecule has 27 heavy (non-hydrogen) atoms. The lowest BCUT2D eigenvalue weighted by molar-refractivity contribution is -0.123. The first-order chi connectivity index (χ1) is 12.9. The first-order valence-electron chi connectivity index (χ1n) is 8.03. The summed E-state index contributed by atoms with van der Waals surface area (Å²) in [7, 11) is 3.71. The van der Waals surface area contributed by atoms with Gasteiger partial charge in [0, 0.05) is 37.3 Å². The van der Waals surface area contributed by atoms with Crippen molar-refractivity contribution in [3.8, 4) is 11.5 Å². The van der Waals surface area contributed by atoms with Crippen molar-refractivity contribution in [3.63, 3.8) is 0 Å². The molecular formula is C18H15ClN2O5S. The number of carbonyl (C=O) groups is 2. The maximum Gasteiger partial charge on any atom is 0.293 e. The predicted octanol–water partition coefficient (Wildman–Crippen LogP) is 3.96. The Morgan fingerprint density at radius 2 is 1.96 bits per heavy atom. The molecule has 0 radical (unpaired) electrons. The standard InChI is InChI=1S/C18H15ClN2O5S/c1-20(2)16-4-3-11(26-16)6-15-17(22)21(18(23)27-15)8-10-5-13-14(7-12(10)19)25-9-24-13/h3-7H,8-9H2,1-2H3/b15-6-. The molecule has 2 aliphatic heterocycles. The number of furan rings is 1. The van der Waals surface area contributed by atoms with E-state index in [-0.39, 0.29) is 24.5 Å². The van der Waals surface area contributed by atoms with Gasteiger partial charge in [-0.2, -0.15) is 0 Å². The molecule has 9 heteroatoms. The average Bonchev–Trinajstić information content (AvgIpc) is 3.32. The highest BCUT2D eigenvalue weighted by Crippen LogP contribution is 2.39. The molecule has 0 aliphatic carbocycles. The Labute approximate surface area is 164 Å². The minimum atomic E-state index is -0.387. The third-order valence-electron chi connectivity index (χ3n) is 4.07. The number of imide groups is 1. The van der Waals surface area contributed by atoms with Gasteiger partial charge in [0.15, 0.2) is 17.4 Å². The van der Waals surface area contributed by atoms with Gasteiger partial charge in [-0.25, -0.2) is 0 Å². The lowest BCUT2D eigenvalue weighted by Crippen LogP contribution is -2.27. The Hall–Kier alpha value is -2.58. The van der Waals surface area contributed by atoms with Crippen LogP contribution < -0.4 is 14.4 Å². The summed E-state index contributed by atoms with van der Waals surface area (Å²) >= 11 is 7.13. The van der Waals surface area contributed by atoms with E-state index in [1.54, 1.807) is 30.3 Å². The fraction of sp³-hybridized carbons (Fsp3) is 0.222. The van der Waals surface area contributed by atoms with Gasteiger partial charge in [-0.1, -0.05) is 11.6 Å². The second-order valence-electron chi connectivity index (χ2n) is 6.14. The maximum absolute atomic E-state index is 12.7. The maximum atomic E-state index is 12.7. The zero-order chi connectivity index (χ0) is 19.1. The number of ether oxygens (including phenoxy) is 2. The van der Waals surface area contributed by atoms with E-state index in [9.17, 15) is 9.59 Å². The van der Waals surface area contributed by atoms with E-state index in [1.165, 1.54) is 0 Å². The Morgan fingerprint density at radius 1 is 1.22 bits per heavy atom. The van der Waals surface area contributed by atoms with E-state index >= 15 is 0 Å². The van der Waals surface area contributed by atoms with Crippen molar-refractivity contribution in [3.05, 3.63) is 45.5 Å². The number of carbonyl (C=O) groups excluding carboxylic acids is 2. The van der Waals surface area contributed by atoms with E-state index in [2.05, 4.69) is 0 Å². The minimum absolute atomic E-state index is 0.0541. The van der Waals surface area contributed by atoms with Crippen LogP contribution in [0.2, 0.25) is 5.02 Å². The molecule has 2 amide bonds. The lowest BCUT2D eigenvalue weighted by Gasteiger charge is -2.14. The van der Waals surface area contributed by atoms with Gasteiger partial charge in [-0.05, 0) is 29.5 Å². The van der Waals surface area contributed by atoms with Gasteiger partial charge in [-0.3, -0.25) is 14.5 Å². The number of anilines is 1. The Bertz CT molecular complexity index is 969. The average molecular weight is 407 g/mol. The molecule has 0 bridgehead atoms. The van der Waals surface area contributed by atoms with Gasteiger partial charge in [0.1, 0.15) is 5.76 Å². The minimum Gasteiger partial charge on any atom is -0.454 e. The fourth-order valence-electron chi connectivity index (χ4n) is 2.68. The van der Waals surface area contributed by atoms with Crippen LogP contribution in [-0.4, -0.2) is 36.9 Å². The summed E-state index contributed by atoms with van der Waals surface area (Å²) in [6.45, 7) is 0.177. The molecule has 0 N–H and O–H groups in total. The summed E-state index contributed by atoms with van der Waals surface area (Å²) < 4.78 is 16.2. The highest BCUT2D eigenvalue weighted by molar-refractivity contribution is 8.18. The molecule has 1 aromatic carbocycles. The molecule has 1 saturated heterocycles. The Balaban J connectivity index is 1.55. The number of halogens is 1. The highest BCUT2D eigenvalue weighted by Gasteiger charge is 2.36. The van der Waals surface area contributed by atoms with Crippen molar-refractivity contribution in [2.24, 2.45) is 0 Å². The van der Waals surface area contributed by atoms with Crippen LogP contribution in [0.15, 0.2) is 33.6 Å². The molecule has 0 spiro atoms. The molecular weight excluding hydrogens is 392 g/mol. The number of nitrogens with zero attached hydrogens (tertiary/aromatic N) is 2. The second-order valence-corrected chi connectivity index (χ2v) is 7.54. The van der Waals surface area contributed by atoms with Gasteiger partial charge in [-0.15, -0.1) is 0 Å². The monoisotopic (exact) mass is 406 g/mol. The van der Waals surface area contributed by atoms with Crippen molar-refractivity contribution < 1.29 is 23.5 Å². The predicted molar refractivity (Wildman–Crippen MR) is 102 cm³/mol. The lowest BCUT2D eigenvalue weighted by atomic mass is 10.2. The number of rotatable bonds is 4. The molecule has 2 aromatic rings. The molecule has 4 rings (SSSR count). The van der Waals surface area contributed by atoms with Crippen LogP contribution in [0.4, 0.5) is 10.7 Å². The molecule has 0 unspecified atom stereocenters. The molecule has 140 valence electrons. The number of fused-ring (bicyclic) bond motifs is 1. The second kappa shape index (κ2) is 6.86. The molecule has 0 saturated carbocycles. The smallest absolute Gasteiger partial charge is 0.293 e. The van der Waals surface area contributed by atoms with E-state index in [1.807, 2.05) is 19.0 Å². The summed E-state index contributed by atoms with van der Waals surface area (Å²) in [4.78, 5) is 28.3. The van der Waals surface area contributed by atoms with E-state index in [0.717, 1.165) is 16.7 Å². The first kappa shape index (κ1) is 17.8. The number of thioether (sulfide) groups is 1.